The number of para-hydroxylation sites is 1. The predicted octanol–water partition coefficient (Wildman–Crippen LogP) is 7.11. The number of anilines is 1. The van der Waals surface area contributed by atoms with Gasteiger partial charge in [0.05, 0.1) is 0 Å². The first-order chi connectivity index (χ1) is 15.9. The molecular weight excluding hydrogens is 472 g/mol. The van der Waals surface area contributed by atoms with Crippen LogP contribution in [0.25, 0.3) is 0 Å². The molecule has 1 aliphatic carbocycles. The average Bonchev–Trinajstić information content (AvgIpc) is 2.80. The molecule has 3 aromatic rings. The lowest BCUT2D eigenvalue weighted by Gasteiger charge is -2.50. The summed E-state index contributed by atoms with van der Waals surface area (Å²) >= 11 is 3.60. The Morgan fingerprint density at radius 3 is 2.18 bits per heavy atom. The summed E-state index contributed by atoms with van der Waals surface area (Å²) in [6.45, 7) is 5.87. The Kier molecular flexibility index (Phi) is 5.98. The lowest BCUT2D eigenvalue weighted by Crippen LogP contribution is -2.50. The number of Topliss-reactive ketones (excluding diaryl/α,β-unsaturated/α-hetero) is 1. The van der Waals surface area contributed by atoms with E-state index in [-0.39, 0.29) is 17.4 Å². The molecule has 0 radical (unpaired) electrons. The summed E-state index contributed by atoms with van der Waals surface area (Å²) in [6.07, 6.45) is 1.51. The van der Waals surface area contributed by atoms with E-state index in [9.17, 15) is 4.79 Å². The van der Waals surface area contributed by atoms with Crippen molar-refractivity contribution in [1.29, 1.82) is 0 Å². The second-order valence-electron chi connectivity index (χ2n) is 9.89. The van der Waals surface area contributed by atoms with E-state index in [4.69, 9.17) is 0 Å². The van der Waals surface area contributed by atoms with Gasteiger partial charge in [0.2, 0.25) is 0 Å². The molecule has 4 heteroatoms. The molecule has 0 N–H and O–H groups in total. The van der Waals surface area contributed by atoms with Crippen LogP contribution in [0.3, 0.4) is 0 Å². The molecule has 0 fully saturated rings. The van der Waals surface area contributed by atoms with Gasteiger partial charge in [-0.05, 0) is 47.2 Å². The highest BCUT2D eigenvalue weighted by Crippen LogP contribution is 2.47. The summed E-state index contributed by atoms with van der Waals surface area (Å²) in [5.41, 5.74) is 5.71. The minimum absolute atomic E-state index is 0.00107. The molecule has 33 heavy (non-hydrogen) atoms. The SMILES string of the molecule is CC1(C)CC(=O)C2=C(C1)N(c1ccccc1)C(c1ccc(Br)cc1)N(Cc1ccccc1)C2. The molecule has 0 bridgehead atoms. The lowest BCUT2D eigenvalue weighted by atomic mass is 9.74. The van der Waals surface area contributed by atoms with Crippen LogP contribution in [-0.2, 0) is 11.3 Å². The third-order valence-electron chi connectivity index (χ3n) is 6.64. The van der Waals surface area contributed by atoms with E-state index in [1.165, 1.54) is 16.8 Å². The Morgan fingerprint density at radius 1 is 0.879 bits per heavy atom. The molecule has 0 saturated heterocycles. The summed E-state index contributed by atoms with van der Waals surface area (Å²) in [6, 6.07) is 29.7. The van der Waals surface area contributed by atoms with Gasteiger partial charge in [-0.25, -0.2) is 0 Å². The van der Waals surface area contributed by atoms with Crippen LogP contribution in [0.15, 0.2) is 101 Å². The second-order valence-corrected chi connectivity index (χ2v) is 10.8. The number of ketones is 1. The summed E-state index contributed by atoms with van der Waals surface area (Å²) < 4.78 is 1.07. The zero-order valence-corrected chi connectivity index (χ0v) is 20.8. The summed E-state index contributed by atoms with van der Waals surface area (Å²) in [4.78, 5) is 18.3. The fraction of sp³-hybridized carbons (Fsp3) is 0.276. The highest BCUT2D eigenvalue weighted by atomic mass is 79.9. The van der Waals surface area contributed by atoms with Crippen molar-refractivity contribution in [2.75, 3.05) is 11.4 Å². The number of nitrogens with zero attached hydrogens (tertiary/aromatic N) is 2. The molecule has 5 rings (SSSR count). The third-order valence-corrected chi connectivity index (χ3v) is 7.17. The highest BCUT2D eigenvalue weighted by molar-refractivity contribution is 9.10. The van der Waals surface area contributed by atoms with E-state index >= 15 is 0 Å². The van der Waals surface area contributed by atoms with Crippen LogP contribution in [0.4, 0.5) is 5.69 Å². The van der Waals surface area contributed by atoms with Gasteiger partial charge in [-0.3, -0.25) is 9.69 Å². The molecule has 0 spiro atoms. The maximum atomic E-state index is 13.4. The van der Waals surface area contributed by atoms with Crippen molar-refractivity contribution in [2.45, 2.75) is 39.4 Å². The molecule has 0 amide bonds. The molecule has 0 aromatic heterocycles. The van der Waals surface area contributed by atoms with Crippen molar-refractivity contribution in [1.82, 2.24) is 4.90 Å². The number of carbonyl (C=O) groups is 1. The van der Waals surface area contributed by atoms with Crippen molar-refractivity contribution in [3.63, 3.8) is 0 Å². The topological polar surface area (TPSA) is 23.6 Å². The number of carbonyl (C=O) groups excluding carboxylic acids is 1. The summed E-state index contributed by atoms with van der Waals surface area (Å²) in [7, 11) is 0. The van der Waals surface area contributed by atoms with Crippen LogP contribution < -0.4 is 4.90 Å². The van der Waals surface area contributed by atoms with Gasteiger partial charge in [0.15, 0.2) is 5.78 Å². The van der Waals surface area contributed by atoms with Gasteiger partial charge in [0.1, 0.15) is 6.17 Å². The molecule has 2 aliphatic rings. The molecule has 3 aromatic carbocycles. The Balaban J connectivity index is 1.69. The van der Waals surface area contributed by atoms with Gasteiger partial charge in [0.25, 0.3) is 0 Å². The largest absolute Gasteiger partial charge is 0.324 e. The molecule has 1 unspecified atom stereocenters. The van der Waals surface area contributed by atoms with E-state index in [1.807, 2.05) is 0 Å². The fourth-order valence-electron chi connectivity index (χ4n) is 5.18. The Hall–Kier alpha value is -2.69. The zero-order chi connectivity index (χ0) is 23.0. The lowest BCUT2D eigenvalue weighted by molar-refractivity contribution is -0.118. The average molecular weight is 501 g/mol. The van der Waals surface area contributed by atoms with Crippen LogP contribution in [0, 0.1) is 5.41 Å². The van der Waals surface area contributed by atoms with Crippen molar-refractivity contribution in [2.24, 2.45) is 5.41 Å². The normalized spacial score (nSPS) is 20.6. The zero-order valence-electron chi connectivity index (χ0n) is 19.2. The number of hydrogen-bond acceptors (Lipinski definition) is 3. The molecule has 168 valence electrons. The van der Waals surface area contributed by atoms with E-state index in [0.29, 0.717) is 13.0 Å². The summed E-state index contributed by atoms with van der Waals surface area (Å²) in [5, 5.41) is 0. The molecular formula is C29H29BrN2O. The Morgan fingerprint density at radius 2 is 1.52 bits per heavy atom. The Labute approximate surface area is 204 Å². The molecule has 1 aliphatic heterocycles. The standard InChI is InChI=1S/C29H29BrN2O/c1-29(2)17-26-25(27(33)18-29)20-31(19-21-9-5-3-6-10-21)28(22-13-15-23(30)16-14-22)32(26)24-11-7-4-8-12-24/h3-16,28H,17-20H2,1-2H3. The van der Waals surface area contributed by atoms with E-state index in [1.54, 1.807) is 0 Å². The van der Waals surface area contributed by atoms with Crippen LogP contribution in [0.2, 0.25) is 0 Å². The minimum atomic E-state index is -0.0468. The van der Waals surface area contributed by atoms with Crippen molar-refractivity contribution in [3.05, 3.63) is 112 Å². The fourth-order valence-corrected chi connectivity index (χ4v) is 5.44. The van der Waals surface area contributed by atoms with Crippen LogP contribution in [-0.4, -0.2) is 17.2 Å². The number of benzene rings is 3. The van der Waals surface area contributed by atoms with Gasteiger partial charge in [-0.15, -0.1) is 0 Å². The molecule has 3 nitrogen and oxygen atoms in total. The van der Waals surface area contributed by atoms with Crippen molar-refractivity contribution >= 4 is 27.4 Å². The number of rotatable bonds is 4. The van der Waals surface area contributed by atoms with Gasteiger partial charge in [-0.1, -0.05) is 90.4 Å². The van der Waals surface area contributed by atoms with E-state index in [0.717, 1.165) is 28.7 Å². The Bertz CT molecular complexity index is 1170. The van der Waals surface area contributed by atoms with Crippen LogP contribution >= 0.6 is 15.9 Å². The molecule has 1 atom stereocenters. The first-order valence-electron chi connectivity index (χ1n) is 11.5. The highest BCUT2D eigenvalue weighted by Gasteiger charge is 2.43. The van der Waals surface area contributed by atoms with E-state index in [2.05, 4.69) is 125 Å². The smallest absolute Gasteiger partial charge is 0.162 e. The molecule has 1 heterocycles. The number of hydrogen-bond donors (Lipinski definition) is 0. The number of allylic oxidation sites excluding steroid dienone is 1. The van der Waals surface area contributed by atoms with Crippen LogP contribution in [0.5, 0.6) is 0 Å². The quantitative estimate of drug-likeness (QED) is 0.381. The minimum Gasteiger partial charge on any atom is -0.324 e. The second kappa shape index (κ2) is 8.92. The van der Waals surface area contributed by atoms with Crippen molar-refractivity contribution < 1.29 is 4.79 Å². The molecule has 0 saturated carbocycles. The predicted molar refractivity (Wildman–Crippen MR) is 138 cm³/mol. The first kappa shape index (κ1) is 22.1. The number of halogens is 1. The summed E-state index contributed by atoms with van der Waals surface area (Å²) in [5.74, 6) is 0.287. The van der Waals surface area contributed by atoms with Gasteiger partial charge in [0, 0.05) is 40.9 Å². The monoisotopic (exact) mass is 500 g/mol. The van der Waals surface area contributed by atoms with E-state index < -0.39 is 0 Å². The van der Waals surface area contributed by atoms with Gasteiger partial charge in [-0.2, -0.15) is 0 Å². The first-order valence-corrected chi connectivity index (χ1v) is 12.3. The maximum absolute atomic E-state index is 13.4. The maximum Gasteiger partial charge on any atom is 0.162 e. The third kappa shape index (κ3) is 4.55. The van der Waals surface area contributed by atoms with Gasteiger partial charge >= 0.3 is 0 Å². The van der Waals surface area contributed by atoms with Crippen LogP contribution in [0.1, 0.15) is 44.0 Å². The van der Waals surface area contributed by atoms with Gasteiger partial charge < -0.3 is 4.90 Å². The van der Waals surface area contributed by atoms with Crippen molar-refractivity contribution in [3.8, 4) is 0 Å².